The van der Waals surface area contributed by atoms with Crippen LogP contribution < -0.4 is 0 Å². The third-order valence-corrected chi connectivity index (χ3v) is 4.20. The summed E-state index contributed by atoms with van der Waals surface area (Å²) in [6.07, 6.45) is -0.618. The Morgan fingerprint density at radius 3 is 2.69 bits per heavy atom. The quantitative estimate of drug-likeness (QED) is 0.851. The molecule has 1 rings (SSSR count). The molecule has 0 fully saturated rings. The van der Waals surface area contributed by atoms with Crippen molar-refractivity contribution in [2.24, 2.45) is 0 Å². The third-order valence-electron chi connectivity index (χ3n) is 2.07. The molecule has 92 valence electrons. The molecule has 0 saturated carbocycles. The van der Waals surface area contributed by atoms with Gasteiger partial charge >= 0.3 is 0 Å². The van der Waals surface area contributed by atoms with E-state index in [1.807, 2.05) is 0 Å². The number of hydrogen-bond donors (Lipinski definition) is 2. The molecule has 1 heterocycles. The SMILES string of the molecule is CC(C)(C)c1csc(CSCC(O)CO)n1. The van der Waals surface area contributed by atoms with Gasteiger partial charge in [0, 0.05) is 22.3 Å². The molecule has 0 saturated heterocycles. The van der Waals surface area contributed by atoms with E-state index in [4.69, 9.17) is 5.11 Å². The molecule has 0 aromatic carbocycles. The van der Waals surface area contributed by atoms with E-state index in [-0.39, 0.29) is 12.0 Å². The first kappa shape index (κ1) is 14.0. The average Bonchev–Trinajstić information content (AvgIpc) is 2.65. The Kier molecular flexibility index (Phi) is 5.24. The van der Waals surface area contributed by atoms with E-state index >= 15 is 0 Å². The number of aliphatic hydroxyl groups excluding tert-OH is 2. The number of nitrogens with zero attached hydrogens (tertiary/aromatic N) is 1. The second-order valence-corrected chi connectivity index (χ2v) is 6.70. The summed E-state index contributed by atoms with van der Waals surface area (Å²) in [5.41, 5.74) is 1.22. The predicted molar refractivity (Wildman–Crippen MR) is 70.1 cm³/mol. The van der Waals surface area contributed by atoms with Gasteiger partial charge in [-0.05, 0) is 0 Å². The first-order valence-corrected chi connectivity index (χ1v) is 7.28. The van der Waals surface area contributed by atoms with Crippen LogP contribution in [0.25, 0.3) is 0 Å². The van der Waals surface area contributed by atoms with Gasteiger partial charge < -0.3 is 10.2 Å². The first-order chi connectivity index (χ1) is 7.43. The Labute approximate surface area is 105 Å². The standard InChI is InChI=1S/C11H19NO2S2/c1-11(2,3)9-6-16-10(12-9)7-15-5-8(14)4-13/h6,8,13-14H,4-5,7H2,1-3H3. The van der Waals surface area contributed by atoms with E-state index in [0.717, 1.165) is 16.5 Å². The molecule has 0 radical (unpaired) electrons. The second-order valence-electron chi connectivity index (χ2n) is 4.73. The van der Waals surface area contributed by atoms with E-state index in [9.17, 15) is 5.11 Å². The van der Waals surface area contributed by atoms with Crippen LogP contribution in [0.5, 0.6) is 0 Å². The van der Waals surface area contributed by atoms with Gasteiger partial charge in [-0.25, -0.2) is 4.98 Å². The van der Waals surface area contributed by atoms with Crippen molar-refractivity contribution in [1.29, 1.82) is 0 Å². The molecule has 1 atom stereocenters. The Morgan fingerprint density at radius 2 is 2.19 bits per heavy atom. The lowest BCUT2D eigenvalue weighted by Crippen LogP contribution is -2.14. The Hall–Kier alpha value is -0.100. The molecule has 16 heavy (non-hydrogen) atoms. The zero-order valence-electron chi connectivity index (χ0n) is 9.93. The van der Waals surface area contributed by atoms with Crippen LogP contribution in [0.1, 0.15) is 31.5 Å². The molecule has 0 spiro atoms. The van der Waals surface area contributed by atoms with Gasteiger partial charge in [-0.3, -0.25) is 0 Å². The topological polar surface area (TPSA) is 53.4 Å². The second kappa shape index (κ2) is 6.00. The fourth-order valence-electron chi connectivity index (χ4n) is 1.06. The average molecular weight is 261 g/mol. The fourth-order valence-corrected chi connectivity index (χ4v) is 3.12. The molecular weight excluding hydrogens is 242 g/mol. The van der Waals surface area contributed by atoms with Crippen molar-refractivity contribution in [2.75, 3.05) is 12.4 Å². The molecule has 0 aliphatic rings. The minimum atomic E-state index is -0.618. The van der Waals surface area contributed by atoms with Gasteiger partial charge in [0.05, 0.1) is 18.4 Å². The fraction of sp³-hybridized carbons (Fsp3) is 0.727. The number of thioether (sulfide) groups is 1. The Balaban J connectivity index is 2.41. The first-order valence-electron chi connectivity index (χ1n) is 5.25. The van der Waals surface area contributed by atoms with Gasteiger partial charge in [-0.1, -0.05) is 20.8 Å². The summed E-state index contributed by atoms with van der Waals surface area (Å²) in [6.45, 7) is 6.27. The molecule has 5 heteroatoms. The Bertz CT molecular complexity index is 320. The molecule has 3 nitrogen and oxygen atoms in total. The maximum atomic E-state index is 9.18. The van der Waals surface area contributed by atoms with Crippen LogP contribution in [0.2, 0.25) is 0 Å². The maximum Gasteiger partial charge on any atom is 0.103 e. The van der Waals surface area contributed by atoms with Crippen molar-refractivity contribution in [3.63, 3.8) is 0 Å². The van der Waals surface area contributed by atoms with E-state index < -0.39 is 6.10 Å². The van der Waals surface area contributed by atoms with Gasteiger partial charge in [-0.2, -0.15) is 11.8 Å². The molecule has 0 aliphatic heterocycles. The molecule has 1 unspecified atom stereocenters. The minimum Gasteiger partial charge on any atom is -0.394 e. The molecule has 2 N–H and O–H groups in total. The van der Waals surface area contributed by atoms with Gasteiger partial charge in [0.25, 0.3) is 0 Å². The summed E-state index contributed by atoms with van der Waals surface area (Å²) in [5, 5.41) is 21.0. The molecule has 0 amide bonds. The number of rotatable bonds is 5. The van der Waals surface area contributed by atoms with Crippen LogP contribution in [0.4, 0.5) is 0 Å². The van der Waals surface area contributed by atoms with Crippen molar-refractivity contribution in [2.45, 2.75) is 38.0 Å². The lowest BCUT2D eigenvalue weighted by molar-refractivity contribution is 0.113. The van der Waals surface area contributed by atoms with Gasteiger partial charge in [0.2, 0.25) is 0 Å². The molecule has 0 bridgehead atoms. The number of aliphatic hydroxyl groups is 2. The molecule has 0 aliphatic carbocycles. The van der Waals surface area contributed by atoms with Crippen LogP contribution in [0.3, 0.4) is 0 Å². The highest BCUT2D eigenvalue weighted by Gasteiger charge is 2.17. The zero-order chi connectivity index (χ0) is 12.2. The summed E-state index contributed by atoms with van der Waals surface area (Å²) < 4.78 is 0. The summed E-state index contributed by atoms with van der Waals surface area (Å²) in [4.78, 5) is 4.56. The van der Waals surface area contributed by atoms with Crippen LogP contribution in [0, 0.1) is 0 Å². The van der Waals surface area contributed by atoms with Crippen LogP contribution in [0.15, 0.2) is 5.38 Å². The van der Waals surface area contributed by atoms with Crippen molar-refractivity contribution >= 4 is 23.1 Å². The van der Waals surface area contributed by atoms with E-state index in [2.05, 4.69) is 31.1 Å². The lowest BCUT2D eigenvalue weighted by atomic mass is 9.93. The molecular formula is C11H19NO2S2. The van der Waals surface area contributed by atoms with E-state index in [0.29, 0.717) is 5.75 Å². The largest absolute Gasteiger partial charge is 0.394 e. The van der Waals surface area contributed by atoms with Crippen molar-refractivity contribution < 1.29 is 10.2 Å². The zero-order valence-corrected chi connectivity index (χ0v) is 11.6. The van der Waals surface area contributed by atoms with Crippen LogP contribution in [-0.4, -0.2) is 33.7 Å². The van der Waals surface area contributed by atoms with Gasteiger partial charge in [-0.15, -0.1) is 11.3 Å². The lowest BCUT2D eigenvalue weighted by Gasteiger charge is -2.14. The Morgan fingerprint density at radius 1 is 1.50 bits per heavy atom. The van der Waals surface area contributed by atoms with Crippen molar-refractivity contribution in [3.05, 3.63) is 16.1 Å². The highest BCUT2D eigenvalue weighted by molar-refractivity contribution is 7.98. The number of aromatic nitrogens is 1. The summed E-state index contributed by atoms with van der Waals surface area (Å²) in [7, 11) is 0. The highest BCUT2D eigenvalue weighted by atomic mass is 32.2. The predicted octanol–water partition coefficient (Wildman–Crippen LogP) is 2.03. The van der Waals surface area contributed by atoms with E-state index in [1.165, 1.54) is 0 Å². The van der Waals surface area contributed by atoms with E-state index in [1.54, 1.807) is 23.1 Å². The van der Waals surface area contributed by atoms with Crippen LogP contribution >= 0.6 is 23.1 Å². The number of hydrogen-bond acceptors (Lipinski definition) is 5. The van der Waals surface area contributed by atoms with Crippen molar-refractivity contribution in [3.8, 4) is 0 Å². The van der Waals surface area contributed by atoms with Crippen LogP contribution in [-0.2, 0) is 11.2 Å². The maximum absolute atomic E-state index is 9.18. The minimum absolute atomic E-state index is 0.101. The molecule has 1 aromatic heterocycles. The number of thiazole rings is 1. The molecule has 1 aromatic rings. The van der Waals surface area contributed by atoms with Gasteiger partial charge in [0.15, 0.2) is 0 Å². The summed E-state index contributed by atoms with van der Waals surface area (Å²) in [5.74, 6) is 1.36. The highest BCUT2D eigenvalue weighted by Crippen LogP contribution is 2.25. The smallest absolute Gasteiger partial charge is 0.103 e. The normalized spacial score (nSPS) is 14.1. The third kappa shape index (κ3) is 4.41. The summed E-state index contributed by atoms with van der Waals surface area (Å²) in [6, 6.07) is 0. The monoisotopic (exact) mass is 261 g/mol. The van der Waals surface area contributed by atoms with Crippen molar-refractivity contribution in [1.82, 2.24) is 4.98 Å². The van der Waals surface area contributed by atoms with Gasteiger partial charge in [0.1, 0.15) is 5.01 Å². The summed E-state index contributed by atoms with van der Waals surface area (Å²) >= 11 is 3.26.